The number of nitrogens with zero attached hydrogens (tertiary/aromatic N) is 2. The Labute approximate surface area is 193 Å². The van der Waals surface area contributed by atoms with Gasteiger partial charge in [-0.3, -0.25) is 9.59 Å². The standard InChI is InChI=1S/C22H26ClN3O5S/c1-4-25(5-2)32(29,30)18-9-7-17(8-10-18)26-14-15(12-21(26)27)22(28)24-19-13-16(23)6-11-20(19)31-3/h6-11,13,15H,4-5,12,14H2,1-3H3,(H,24,28). The van der Waals surface area contributed by atoms with Crippen molar-refractivity contribution in [2.45, 2.75) is 25.2 Å². The van der Waals surface area contributed by atoms with Crippen molar-refractivity contribution >= 4 is 44.8 Å². The Balaban J connectivity index is 1.73. The first-order valence-corrected chi connectivity index (χ1v) is 12.1. The Bertz CT molecular complexity index is 1100. The molecule has 0 bridgehead atoms. The number of nitrogens with one attached hydrogen (secondary N) is 1. The second-order valence-electron chi connectivity index (χ2n) is 7.32. The first-order valence-electron chi connectivity index (χ1n) is 10.3. The molecule has 3 rings (SSSR count). The minimum atomic E-state index is -3.58. The van der Waals surface area contributed by atoms with Crippen LogP contribution in [0.3, 0.4) is 0 Å². The van der Waals surface area contributed by atoms with E-state index >= 15 is 0 Å². The van der Waals surface area contributed by atoms with Crippen LogP contribution in [0.4, 0.5) is 11.4 Å². The predicted molar refractivity (Wildman–Crippen MR) is 124 cm³/mol. The summed E-state index contributed by atoms with van der Waals surface area (Å²) >= 11 is 6.01. The van der Waals surface area contributed by atoms with Gasteiger partial charge in [0.2, 0.25) is 21.8 Å². The molecule has 1 saturated heterocycles. The summed E-state index contributed by atoms with van der Waals surface area (Å²) in [6, 6.07) is 11.0. The van der Waals surface area contributed by atoms with E-state index < -0.39 is 15.9 Å². The summed E-state index contributed by atoms with van der Waals surface area (Å²) in [6.45, 7) is 4.50. The van der Waals surface area contributed by atoms with Crippen molar-refractivity contribution in [1.29, 1.82) is 0 Å². The third-order valence-electron chi connectivity index (χ3n) is 5.41. The van der Waals surface area contributed by atoms with Crippen molar-refractivity contribution in [3.63, 3.8) is 0 Å². The van der Waals surface area contributed by atoms with E-state index in [0.717, 1.165) is 0 Å². The van der Waals surface area contributed by atoms with E-state index in [1.165, 1.54) is 28.4 Å². The van der Waals surface area contributed by atoms with Crippen LogP contribution in [0.25, 0.3) is 0 Å². The molecular formula is C22H26ClN3O5S. The normalized spacial score (nSPS) is 16.5. The van der Waals surface area contributed by atoms with E-state index in [1.807, 2.05) is 0 Å². The number of carbonyl (C=O) groups excluding carboxylic acids is 2. The van der Waals surface area contributed by atoms with Gasteiger partial charge in [0.15, 0.2) is 0 Å². The maximum atomic E-state index is 12.8. The maximum Gasteiger partial charge on any atom is 0.243 e. The first kappa shape index (κ1) is 24.0. The Morgan fingerprint density at radius 1 is 1.19 bits per heavy atom. The van der Waals surface area contributed by atoms with E-state index in [0.29, 0.717) is 35.2 Å². The van der Waals surface area contributed by atoms with E-state index in [4.69, 9.17) is 16.3 Å². The Morgan fingerprint density at radius 3 is 2.44 bits per heavy atom. The third kappa shape index (κ3) is 4.90. The average molecular weight is 480 g/mol. The second kappa shape index (κ2) is 9.89. The second-order valence-corrected chi connectivity index (χ2v) is 9.70. The van der Waals surface area contributed by atoms with Gasteiger partial charge in [-0.2, -0.15) is 4.31 Å². The number of ether oxygens (including phenoxy) is 1. The van der Waals surface area contributed by atoms with Gasteiger partial charge < -0.3 is 15.0 Å². The van der Waals surface area contributed by atoms with Crippen LogP contribution >= 0.6 is 11.6 Å². The van der Waals surface area contributed by atoms with Gasteiger partial charge in [-0.15, -0.1) is 0 Å². The number of halogens is 1. The number of carbonyl (C=O) groups is 2. The van der Waals surface area contributed by atoms with Gasteiger partial charge in [-0.1, -0.05) is 25.4 Å². The summed E-state index contributed by atoms with van der Waals surface area (Å²) in [5, 5.41) is 3.23. The molecule has 32 heavy (non-hydrogen) atoms. The molecule has 8 nitrogen and oxygen atoms in total. The highest BCUT2D eigenvalue weighted by atomic mass is 35.5. The fourth-order valence-corrected chi connectivity index (χ4v) is 5.29. The van der Waals surface area contributed by atoms with E-state index in [9.17, 15) is 18.0 Å². The van der Waals surface area contributed by atoms with Crippen LogP contribution in [-0.2, 0) is 19.6 Å². The van der Waals surface area contributed by atoms with E-state index in [2.05, 4.69) is 5.32 Å². The molecule has 0 aliphatic carbocycles. The zero-order valence-electron chi connectivity index (χ0n) is 18.2. The minimum absolute atomic E-state index is 0.0498. The molecule has 0 spiro atoms. The summed E-state index contributed by atoms with van der Waals surface area (Å²) in [4.78, 5) is 27.0. The topological polar surface area (TPSA) is 96.0 Å². The maximum absolute atomic E-state index is 12.8. The molecule has 1 fully saturated rings. The molecule has 1 heterocycles. The zero-order chi connectivity index (χ0) is 23.5. The molecule has 1 N–H and O–H groups in total. The highest BCUT2D eigenvalue weighted by Gasteiger charge is 2.35. The lowest BCUT2D eigenvalue weighted by atomic mass is 10.1. The molecule has 172 valence electrons. The van der Waals surface area contributed by atoms with Gasteiger partial charge in [0.05, 0.1) is 23.6 Å². The Hall–Kier alpha value is -2.62. The minimum Gasteiger partial charge on any atom is -0.495 e. The molecule has 0 radical (unpaired) electrons. The highest BCUT2D eigenvalue weighted by Crippen LogP contribution is 2.31. The monoisotopic (exact) mass is 479 g/mol. The van der Waals surface area contributed by atoms with Crippen molar-refractivity contribution in [3.8, 4) is 5.75 Å². The van der Waals surface area contributed by atoms with Gasteiger partial charge in [0.1, 0.15) is 5.75 Å². The molecule has 10 heteroatoms. The molecule has 1 aliphatic heterocycles. The number of methoxy groups -OCH3 is 1. The molecule has 2 aromatic rings. The predicted octanol–water partition coefficient (Wildman–Crippen LogP) is 3.37. The van der Waals surface area contributed by atoms with Crippen LogP contribution < -0.4 is 15.0 Å². The average Bonchev–Trinajstić information content (AvgIpc) is 3.16. The molecule has 0 aromatic heterocycles. The van der Waals surface area contributed by atoms with Crippen LogP contribution in [0.1, 0.15) is 20.3 Å². The lowest BCUT2D eigenvalue weighted by molar-refractivity contribution is -0.122. The fraction of sp³-hybridized carbons (Fsp3) is 0.364. The van der Waals surface area contributed by atoms with Crippen LogP contribution in [0.5, 0.6) is 5.75 Å². The largest absolute Gasteiger partial charge is 0.495 e. The van der Waals surface area contributed by atoms with Gasteiger partial charge in [0, 0.05) is 36.8 Å². The lowest BCUT2D eigenvalue weighted by Gasteiger charge is -2.20. The molecule has 0 saturated carbocycles. The molecule has 1 aliphatic rings. The van der Waals surface area contributed by atoms with Gasteiger partial charge >= 0.3 is 0 Å². The number of anilines is 2. The van der Waals surface area contributed by atoms with E-state index in [1.54, 1.807) is 44.2 Å². The van der Waals surface area contributed by atoms with Crippen LogP contribution in [0.15, 0.2) is 47.4 Å². The summed E-state index contributed by atoms with van der Waals surface area (Å²) in [7, 11) is -2.09. The van der Waals surface area contributed by atoms with Gasteiger partial charge in [-0.25, -0.2) is 8.42 Å². The number of sulfonamides is 1. The van der Waals surface area contributed by atoms with E-state index in [-0.39, 0.29) is 29.7 Å². The Kier molecular flexibility index (Phi) is 7.43. The van der Waals surface area contributed by atoms with Crippen molar-refractivity contribution in [2.24, 2.45) is 5.92 Å². The Morgan fingerprint density at radius 2 is 1.84 bits per heavy atom. The van der Waals surface area contributed by atoms with Crippen molar-refractivity contribution in [1.82, 2.24) is 4.31 Å². The number of amides is 2. The van der Waals surface area contributed by atoms with Crippen molar-refractivity contribution in [2.75, 3.05) is 37.0 Å². The van der Waals surface area contributed by atoms with Crippen LogP contribution in [0.2, 0.25) is 5.02 Å². The number of hydrogen-bond donors (Lipinski definition) is 1. The molecule has 2 amide bonds. The molecule has 1 unspecified atom stereocenters. The summed E-state index contributed by atoms with van der Waals surface area (Å²) in [6.07, 6.45) is 0.0498. The lowest BCUT2D eigenvalue weighted by Crippen LogP contribution is -2.31. The highest BCUT2D eigenvalue weighted by molar-refractivity contribution is 7.89. The van der Waals surface area contributed by atoms with Gasteiger partial charge in [0.25, 0.3) is 0 Å². The molecule has 2 aromatic carbocycles. The SMILES string of the molecule is CCN(CC)S(=O)(=O)c1ccc(N2CC(C(=O)Nc3cc(Cl)ccc3OC)CC2=O)cc1. The number of hydrogen-bond acceptors (Lipinski definition) is 5. The quantitative estimate of drug-likeness (QED) is 0.626. The first-order chi connectivity index (χ1) is 15.2. The molecular weight excluding hydrogens is 454 g/mol. The smallest absolute Gasteiger partial charge is 0.243 e. The summed E-state index contributed by atoms with van der Waals surface area (Å²) in [5.41, 5.74) is 0.978. The van der Waals surface area contributed by atoms with Crippen molar-refractivity contribution in [3.05, 3.63) is 47.5 Å². The number of benzene rings is 2. The van der Waals surface area contributed by atoms with Crippen LogP contribution in [0, 0.1) is 5.92 Å². The van der Waals surface area contributed by atoms with Gasteiger partial charge in [-0.05, 0) is 42.5 Å². The number of rotatable bonds is 8. The summed E-state index contributed by atoms with van der Waals surface area (Å²) < 4.78 is 31.9. The van der Waals surface area contributed by atoms with Crippen molar-refractivity contribution < 1.29 is 22.7 Å². The zero-order valence-corrected chi connectivity index (χ0v) is 19.7. The summed E-state index contributed by atoms with van der Waals surface area (Å²) in [5.74, 6) is -0.621. The molecule has 1 atom stereocenters. The fourth-order valence-electron chi connectivity index (χ4n) is 3.66. The third-order valence-corrected chi connectivity index (χ3v) is 7.71. The van der Waals surface area contributed by atoms with Crippen LogP contribution in [-0.4, -0.2) is 51.3 Å².